The average Bonchev–Trinajstić information content (AvgIpc) is 3.06. The number of hydrogen-bond donors (Lipinski definition) is 1. The Bertz CT molecular complexity index is 1620. The Labute approximate surface area is 256 Å². The van der Waals surface area contributed by atoms with Crippen LogP contribution in [-0.2, 0) is 22.5 Å². The van der Waals surface area contributed by atoms with Crippen molar-refractivity contribution in [3.05, 3.63) is 66.4 Å². The number of morpholine rings is 1. The van der Waals surface area contributed by atoms with Crippen molar-refractivity contribution in [3.63, 3.8) is 0 Å². The molecule has 11 heteroatoms. The van der Waals surface area contributed by atoms with Crippen LogP contribution in [0.25, 0.3) is 10.8 Å². The molecule has 5 heterocycles. The number of rotatable bonds is 9. The van der Waals surface area contributed by atoms with Crippen molar-refractivity contribution in [1.29, 1.82) is 5.26 Å². The van der Waals surface area contributed by atoms with Crippen molar-refractivity contribution >= 4 is 28.2 Å². The first-order chi connectivity index (χ1) is 21.5. The molecule has 2 aromatic carbocycles. The van der Waals surface area contributed by atoms with Gasteiger partial charge in [0.05, 0.1) is 44.0 Å². The van der Waals surface area contributed by atoms with Crippen LogP contribution in [0.1, 0.15) is 24.1 Å². The molecule has 3 aromatic rings. The number of benzene rings is 2. The minimum Gasteiger partial charge on any atom is -0.463 e. The standard InChI is InChI=1S/C33H37N7O4/c1-2-30(41)40-17-16-38(19-24(40)11-13-34)31-26-12-15-37(28-10-5-8-23-7-3-4-9-25(23)28)20-27(26)35-32(36-31)43-18-6-14-39-21-29-33(39,42)22-44-29/h2-5,7-10,24,29,42H,1,6,11-12,14-22H2/t24?,29-,33+/m1/s1. The first-order valence-corrected chi connectivity index (χ1v) is 15.4. The highest BCUT2D eigenvalue weighted by molar-refractivity contribution is 5.94. The lowest BCUT2D eigenvalue weighted by Crippen LogP contribution is -2.80. The lowest BCUT2D eigenvalue weighted by Gasteiger charge is -2.61. The van der Waals surface area contributed by atoms with Gasteiger partial charge >= 0.3 is 6.01 Å². The van der Waals surface area contributed by atoms with Crippen LogP contribution in [0.4, 0.5) is 11.5 Å². The van der Waals surface area contributed by atoms with Gasteiger partial charge in [0.15, 0.2) is 5.72 Å². The highest BCUT2D eigenvalue weighted by Crippen LogP contribution is 2.39. The molecule has 0 spiro atoms. The van der Waals surface area contributed by atoms with E-state index in [1.165, 1.54) is 22.5 Å². The summed E-state index contributed by atoms with van der Waals surface area (Å²) in [6.45, 7) is 8.88. The Kier molecular flexibility index (Phi) is 7.58. The third-order valence-electron chi connectivity index (χ3n) is 9.45. The van der Waals surface area contributed by atoms with Gasteiger partial charge in [-0.05, 0) is 30.4 Å². The van der Waals surface area contributed by atoms with Crippen LogP contribution in [0.15, 0.2) is 55.1 Å². The average molecular weight is 596 g/mol. The lowest BCUT2D eigenvalue weighted by molar-refractivity contribution is -0.373. The second kappa shape index (κ2) is 11.7. The van der Waals surface area contributed by atoms with Crippen LogP contribution in [0, 0.1) is 11.3 Å². The Morgan fingerprint density at radius 2 is 2.02 bits per heavy atom. The monoisotopic (exact) mass is 595 g/mol. The number of amides is 1. The first kappa shape index (κ1) is 28.5. The molecule has 11 nitrogen and oxygen atoms in total. The lowest BCUT2D eigenvalue weighted by atomic mass is 9.89. The van der Waals surface area contributed by atoms with Gasteiger partial charge in [0.1, 0.15) is 11.9 Å². The summed E-state index contributed by atoms with van der Waals surface area (Å²) >= 11 is 0. The minimum atomic E-state index is -0.810. The van der Waals surface area contributed by atoms with Crippen LogP contribution < -0.4 is 14.5 Å². The zero-order valence-corrected chi connectivity index (χ0v) is 24.8. The van der Waals surface area contributed by atoms with E-state index in [1.807, 2.05) is 4.90 Å². The van der Waals surface area contributed by atoms with E-state index in [0.29, 0.717) is 51.9 Å². The molecule has 0 saturated carbocycles. The summed E-state index contributed by atoms with van der Waals surface area (Å²) in [6, 6.07) is 17.1. The van der Waals surface area contributed by atoms with Crippen molar-refractivity contribution in [1.82, 2.24) is 19.8 Å². The van der Waals surface area contributed by atoms with E-state index in [2.05, 4.69) is 64.9 Å². The molecule has 1 N–H and O–H groups in total. The molecule has 228 valence electrons. The largest absolute Gasteiger partial charge is 0.463 e. The third kappa shape index (κ3) is 5.03. The molecule has 1 unspecified atom stereocenters. The smallest absolute Gasteiger partial charge is 0.318 e. The van der Waals surface area contributed by atoms with E-state index in [4.69, 9.17) is 19.4 Å². The van der Waals surface area contributed by atoms with Gasteiger partial charge in [-0.2, -0.15) is 15.2 Å². The summed E-state index contributed by atoms with van der Waals surface area (Å²) in [5.41, 5.74) is 2.38. The maximum Gasteiger partial charge on any atom is 0.318 e. The first-order valence-electron chi connectivity index (χ1n) is 15.4. The molecule has 0 bridgehead atoms. The fourth-order valence-corrected chi connectivity index (χ4v) is 6.93. The number of anilines is 2. The van der Waals surface area contributed by atoms with Gasteiger partial charge in [0.25, 0.3) is 0 Å². The molecule has 1 aromatic heterocycles. The topological polar surface area (TPSA) is 118 Å². The predicted molar refractivity (Wildman–Crippen MR) is 165 cm³/mol. The molecule has 3 saturated heterocycles. The van der Waals surface area contributed by atoms with Crippen LogP contribution in [0.5, 0.6) is 6.01 Å². The van der Waals surface area contributed by atoms with Crippen LogP contribution in [0.3, 0.4) is 0 Å². The van der Waals surface area contributed by atoms with Gasteiger partial charge in [0.2, 0.25) is 5.91 Å². The number of hydrogen-bond acceptors (Lipinski definition) is 10. The molecule has 4 aliphatic heterocycles. The Balaban J connectivity index is 1.14. The second-order valence-electron chi connectivity index (χ2n) is 11.9. The third-order valence-corrected chi connectivity index (χ3v) is 9.45. The number of nitriles is 1. The fraction of sp³-hybridized carbons (Fsp3) is 0.455. The SMILES string of the molecule is C=CC(=O)N1CCN(c2nc(OCCCN3C[C@H]4OC[C@]43O)nc3c2CCN(c2cccc4ccccc24)C3)CC1CC#N. The van der Waals surface area contributed by atoms with Gasteiger partial charge in [-0.15, -0.1) is 0 Å². The summed E-state index contributed by atoms with van der Waals surface area (Å²) < 4.78 is 11.5. The van der Waals surface area contributed by atoms with E-state index in [1.54, 1.807) is 4.90 Å². The van der Waals surface area contributed by atoms with Crippen molar-refractivity contribution in [3.8, 4) is 12.1 Å². The summed E-state index contributed by atoms with van der Waals surface area (Å²) in [7, 11) is 0. The molecule has 0 radical (unpaired) electrons. The van der Waals surface area contributed by atoms with Crippen molar-refractivity contribution in [2.45, 2.75) is 43.7 Å². The molecule has 44 heavy (non-hydrogen) atoms. The summed E-state index contributed by atoms with van der Waals surface area (Å²) in [4.78, 5) is 30.7. The number of piperazine rings is 1. The Morgan fingerprint density at radius 1 is 1.16 bits per heavy atom. The molecule has 3 fully saturated rings. The molecular weight excluding hydrogens is 558 g/mol. The zero-order chi connectivity index (χ0) is 30.3. The number of aromatic nitrogens is 2. The molecule has 0 aliphatic carbocycles. The molecule has 7 rings (SSSR count). The normalized spacial score (nSPS) is 24.5. The molecule has 4 aliphatic rings. The zero-order valence-electron chi connectivity index (χ0n) is 24.8. The summed E-state index contributed by atoms with van der Waals surface area (Å²) in [6.07, 6.45) is 2.97. The number of ether oxygens (including phenoxy) is 2. The van der Waals surface area contributed by atoms with E-state index in [9.17, 15) is 15.2 Å². The van der Waals surface area contributed by atoms with Gasteiger partial charge in [-0.1, -0.05) is 43.0 Å². The minimum absolute atomic E-state index is 0.0632. The maximum atomic E-state index is 12.5. The van der Waals surface area contributed by atoms with Crippen LogP contribution >= 0.6 is 0 Å². The number of fused-ring (bicyclic) bond motifs is 3. The summed E-state index contributed by atoms with van der Waals surface area (Å²) in [5, 5.41) is 22.5. The van der Waals surface area contributed by atoms with E-state index in [-0.39, 0.29) is 24.5 Å². The van der Waals surface area contributed by atoms with E-state index in [0.717, 1.165) is 43.0 Å². The molecule has 3 atom stereocenters. The number of nitrogens with zero attached hydrogens (tertiary/aromatic N) is 7. The van der Waals surface area contributed by atoms with E-state index >= 15 is 0 Å². The van der Waals surface area contributed by atoms with E-state index < -0.39 is 5.72 Å². The number of aliphatic hydroxyl groups is 1. The highest BCUT2D eigenvalue weighted by Gasteiger charge is 2.60. The van der Waals surface area contributed by atoms with Gasteiger partial charge in [0, 0.05) is 55.9 Å². The molecular formula is C33H37N7O4. The quantitative estimate of drug-likeness (QED) is 0.292. The van der Waals surface area contributed by atoms with Gasteiger partial charge < -0.3 is 29.3 Å². The second-order valence-corrected chi connectivity index (χ2v) is 11.9. The highest BCUT2D eigenvalue weighted by atomic mass is 16.6. The predicted octanol–water partition coefficient (Wildman–Crippen LogP) is 2.48. The number of likely N-dealkylation sites (tertiary alicyclic amines) is 1. The number of carbonyl (C=O) groups excluding carboxylic acids is 1. The Morgan fingerprint density at radius 3 is 2.80 bits per heavy atom. The van der Waals surface area contributed by atoms with Gasteiger partial charge in [-0.25, -0.2) is 0 Å². The van der Waals surface area contributed by atoms with Crippen LogP contribution in [0.2, 0.25) is 0 Å². The van der Waals surface area contributed by atoms with Crippen molar-refractivity contribution in [2.24, 2.45) is 0 Å². The Hall–Kier alpha value is -4.24. The maximum absolute atomic E-state index is 12.5. The number of carbonyl (C=O) groups is 1. The van der Waals surface area contributed by atoms with Gasteiger partial charge in [-0.3, -0.25) is 9.69 Å². The van der Waals surface area contributed by atoms with Crippen molar-refractivity contribution in [2.75, 3.05) is 62.3 Å². The molecule has 1 amide bonds. The van der Waals surface area contributed by atoms with Crippen molar-refractivity contribution < 1.29 is 19.4 Å². The van der Waals surface area contributed by atoms with Crippen LogP contribution in [-0.4, -0.2) is 101 Å². The summed E-state index contributed by atoms with van der Waals surface area (Å²) in [5.74, 6) is 0.665. The fourth-order valence-electron chi connectivity index (χ4n) is 6.93.